The third-order valence-electron chi connectivity index (χ3n) is 2.44. The smallest absolute Gasteiger partial charge is 0.0725 e. The van der Waals surface area contributed by atoms with Gasteiger partial charge in [0.1, 0.15) is 0 Å². The summed E-state index contributed by atoms with van der Waals surface area (Å²) in [5.41, 5.74) is 6.91. The van der Waals surface area contributed by atoms with E-state index in [1.54, 1.807) is 12.4 Å². The lowest BCUT2D eigenvalue weighted by Crippen LogP contribution is -2.30. The average Bonchev–Trinajstić information content (AvgIpc) is 2.74. The van der Waals surface area contributed by atoms with Gasteiger partial charge in [0, 0.05) is 25.5 Å². The van der Waals surface area contributed by atoms with Crippen molar-refractivity contribution < 1.29 is 4.84 Å². The molecule has 0 spiro atoms. The van der Waals surface area contributed by atoms with Crippen molar-refractivity contribution in [1.29, 1.82) is 0 Å². The lowest BCUT2D eigenvalue weighted by Gasteiger charge is -2.24. The normalized spacial score (nSPS) is 19.8. The van der Waals surface area contributed by atoms with Crippen molar-refractivity contribution in [2.45, 2.75) is 12.5 Å². The van der Waals surface area contributed by atoms with E-state index in [9.17, 15) is 0 Å². The fraction of sp³-hybridized carbons (Fsp3) is 0.500. The van der Waals surface area contributed by atoms with Crippen LogP contribution in [-0.2, 0) is 4.84 Å². The van der Waals surface area contributed by atoms with Gasteiger partial charge >= 0.3 is 0 Å². The molecule has 76 valence electrons. The van der Waals surface area contributed by atoms with Crippen LogP contribution in [0.5, 0.6) is 0 Å². The molecule has 2 rings (SSSR count). The number of hydrogen-bond acceptors (Lipinski definition) is 4. The highest BCUT2D eigenvalue weighted by Crippen LogP contribution is 2.22. The molecule has 0 radical (unpaired) electrons. The Balaban J connectivity index is 2.12. The molecule has 2 N–H and O–H groups in total. The predicted molar refractivity (Wildman–Crippen MR) is 53.3 cm³/mol. The standard InChI is InChI=1S/C10H15N3O/c11-8-10(13-6-1-7-14-13)9-2-4-12-5-3-9/h2-5,10H,1,6-8,11H2. The second kappa shape index (κ2) is 4.50. The Bertz CT molecular complexity index is 272. The van der Waals surface area contributed by atoms with E-state index in [0.717, 1.165) is 19.6 Å². The van der Waals surface area contributed by atoms with E-state index in [1.807, 2.05) is 17.2 Å². The topological polar surface area (TPSA) is 51.4 Å². The summed E-state index contributed by atoms with van der Waals surface area (Å²) in [5, 5.41) is 1.97. The van der Waals surface area contributed by atoms with Crippen molar-refractivity contribution in [3.8, 4) is 0 Å². The van der Waals surface area contributed by atoms with E-state index in [1.165, 1.54) is 5.56 Å². The van der Waals surface area contributed by atoms with Crippen LogP contribution in [0.2, 0.25) is 0 Å². The number of rotatable bonds is 3. The summed E-state index contributed by atoms with van der Waals surface area (Å²) < 4.78 is 0. The molecular weight excluding hydrogens is 178 g/mol. The molecule has 14 heavy (non-hydrogen) atoms. The largest absolute Gasteiger partial charge is 0.329 e. The Kier molecular flexibility index (Phi) is 3.08. The molecule has 0 amide bonds. The van der Waals surface area contributed by atoms with Crippen LogP contribution in [0.25, 0.3) is 0 Å². The van der Waals surface area contributed by atoms with Crippen molar-refractivity contribution in [1.82, 2.24) is 10.0 Å². The summed E-state index contributed by atoms with van der Waals surface area (Å²) >= 11 is 0. The fourth-order valence-electron chi connectivity index (χ4n) is 1.72. The Labute approximate surface area is 83.6 Å². The minimum absolute atomic E-state index is 0.167. The molecule has 1 unspecified atom stereocenters. The molecule has 2 heterocycles. The van der Waals surface area contributed by atoms with Gasteiger partial charge in [0.05, 0.1) is 12.6 Å². The minimum atomic E-state index is 0.167. The van der Waals surface area contributed by atoms with Gasteiger partial charge in [0.25, 0.3) is 0 Å². The molecule has 1 aromatic rings. The zero-order valence-electron chi connectivity index (χ0n) is 8.10. The van der Waals surface area contributed by atoms with E-state index < -0.39 is 0 Å². The van der Waals surface area contributed by atoms with Gasteiger partial charge in [0.15, 0.2) is 0 Å². The lowest BCUT2D eigenvalue weighted by molar-refractivity contribution is -0.140. The maximum Gasteiger partial charge on any atom is 0.0725 e. The van der Waals surface area contributed by atoms with E-state index in [-0.39, 0.29) is 6.04 Å². The third-order valence-corrected chi connectivity index (χ3v) is 2.44. The molecule has 1 atom stereocenters. The highest BCUT2D eigenvalue weighted by Gasteiger charge is 2.23. The van der Waals surface area contributed by atoms with Crippen molar-refractivity contribution in [2.75, 3.05) is 19.7 Å². The van der Waals surface area contributed by atoms with Crippen LogP contribution in [0.1, 0.15) is 18.0 Å². The lowest BCUT2D eigenvalue weighted by atomic mass is 10.1. The Morgan fingerprint density at radius 1 is 1.50 bits per heavy atom. The summed E-state index contributed by atoms with van der Waals surface area (Å²) in [7, 11) is 0. The average molecular weight is 193 g/mol. The summed E-state index contributed by atoms with van der Waals surface area (Å²) in [6.45, 7) is 2.34. The van der Waals surface area contributed by atoms with Gasteiger partial charge in [-0.1, -0.05) is 0 Å². The first-order valence-corrected chi connectivity index (χ1v) is 4.91. The second-order valence-corrected chi connectivity index (χ2v) is 3.36. The Hall–Kier alpha value is -0.970. The van der Waals surface area contributed by atoms with Crippen LogP contribution in [0.3, 0.4) is 0 Å². The number of nitrogens with zero attached hydrogens (tertiary/aromatic N) is 2. The van der Waals surface area contributed by atoms with Gasteiger partial charge in [-0.05, 0) is 24.1 Å². The third kappa shape index (κ3) is 1.92. The monoisotopic (exact) mass is 193 g/mol. The molecule has 4 nitrogen and oxygen atoms in total. The zero-order chi connectivity index (χ0) is 9.80. The molecule has 0 saturated carbocycles. The van der Waals surface area contributed by atoms with E-state index in [4.69, 9.17) is 10.6 Å². The number of nitrogens with two attached hydrogens (primary N) is 1. The van der Waals surface area contributed by atoms with Crippen LogP contribution in [0.4, 0.5) is 0 Å². The number of hydrogen-bond donors (Lipinski definition) is 1. The van der Waals surface area contributed by atoms with Crippen LogP contribution >= 0.6 is 0 Å². The Morgan fingerprint density at radius 3 is 2.86 bits per heavy atom. The van der Waals surface area contributed by atoms with Crippen LogP contribution in [0.15, 0.2) is 24.5 Å². The number of pyridine rings is 1. The molecule has 1 aromatic heterocycles. The van der Waals surface area contributed by atoms with Crippen molar-refractivity contribution in [3.05, 3.63) is 30.1 Å². The van der Waals surface area contributed by atoms with Crippen molar-refractivity contribution in [2.24, 2.45) is 5.73 Å². The molecular formula is C10H15N3O. The highest BCUT2D eigenvalue weighted by molar-refractivity contribution is 5.15. The molecule has 1 saturated heterocycles. The minimum Gasteiger partial charge on any atom is -0.329 e. The van der Waals surface area contributed by atoms with E-state index in [0.29, 0.717) is 6.54 Å². The SMILES string of the molecule is NCC(c1ccncc1)N1CCCO1. The Morgan fingerprint density at radius 2 is 2.29 bits per heavy atom. The first kappa shape index (κ1) is 9.58. The molecule has 1 aliphatic rings. The van der Waals surface area contributed by atoms with Gasteiger partial charge in [0.2, 0.25) is 0 Å². The molecule has 0 aromatic carbocycles. The summed E-state index contributed by atoms with van der Waals surface area (Å²) in [5.74, 6) is 0. The van der Waals surface area contributed by atoms with E-state index >= 15 is 0 Å². The summed E-state index contributed by atoms with van der Waals surface area (Å²) in [4.78, 5) is 9.48. The molecule has 4 heteroatoms. The quantitative estimate of drug-likeness (QED) is 0.768. The predicted octanol–water partition coefficient (Wildman–Crippen LogP) is 0.719. The van der Waals surface area contributed by atoms with Crippen molar-refractivity contribution >= 4 is 0 Å². The molecule has 1 aliphatic heterocycles. The highest BCUT2D eigenvalue weighted by atomic mass is 16.7. The van der Waals surface area contributed by atoms with Gasteiger partial charge < -0.3 is 5.73 Å². The molecule has 0 aliphatic carbocycles. The van der Waals surface area contributed by atoms with Gasteiger partial charge in [-0.3, -0.25) is 9.82 Å². The maximum atomic E-state index is 5.74. The number of aromatic nitrogens is 1. The number of hydroxylamine groups is 2. The van der Waals surface area contributed by atoms with E-state index in [2.05, 4.69) is 4.98 Å². The first-order valence-electron chi connectivity index (χ1n) is 4.91. The van der Waals surface area contributed by atoms with Gasteiger partial charge in [-0.25, -0.2) is 0 Å². The van der Waals surface area contributed by atoms with Crippen LogP contribution in [0, 0.1) is 0 Å². The van der Waals surface area contributed by atoms with Gasteiger partial charge in [-0.2, -0.15) is 5.06 Å². The first-order chi connectivity index (χ1) is 6.92. The maximum absolute atomic E-state index is 5.74. The molecule has 0 bridgehead atoms. The van der Waals surface area contributed by atoms with Crippen molar-refractivity contribution in [3.63, 3.8) is 0 Å². The van der Waals surface area contributed by atoms with Crippen LogP contribution < -0.4 is 5.73 Å². The van der Waals surface area contributed by atoms with Gasteiger partial charge in [-0.15, -0.1) is 0 Å². The molecule has 1 fully saturated rings. The summed E-state index contributed by atoms with van der Waals surface area (Å²) in [6, 6.07) is 4.14. The summed E-state index contributed by atoms with van der Waals surface area (Å²) in [6.07, 6.45) is 4.66. The second-order valence-electron chi connectivity index (χ2n) is 3.36. The fourth-order valence-corrected chi connectivity index (χ4v) is 1.72. The van der Waals surface area contributed by atoms with Crippen LogP contribution in [-0.4, -0.2) is 29.7 Å². The zero-order valence-corrected chi connectivity index (χ0v) is 8.10.